The smallest absolute Gasteiger partial charge is 0.312 e. The average molecular weight is 190 g/mol. The monoisotopic (exact) mass is 190 g/mol. The molecule has 8 heteroatoms. The second-order valence-corrected chi connectivity index (χ2v) is 5.07. The normalized spacial score (nSPS) is 18.4. The molecule has 0 aliphatic carbocycles. The van der Waals surface area contributed by atoms with Gasteiger partial charge in [-0.1, -0.05) is 0 Å². The van der Waals surface area contributed by atoms with Crippen LogP contribution in [0.4, 0.5) is 0 Å². The molecule has 1 atom stereocenters. The molecular weight excluding hydrogens is 182 g/mol. The number of rotatable bonds is 3. The maximum Gasteiger partial charge on any atom is 0.476 e. The van der Waals surface area contributed by atoms with Crippen LogP contribution in [0, 0.1) is 0 Å². The first-order valence-electron chi connectivity index (χ1n) is 2.17. The van der Waals surface area contributed by atoms with Gasteiger partial charge >= 0.3 is 15.4 Å². The van der Waals surface area contributed by atoms with Crippen LogP contribution in [0.3, 0.4) is 0 Å². The Morgan fingerprint density at radius 1 is 1.30 bits per heavy atom. The summed E-state index contributed by atoms with van der Waals surface area (Å²) in [5.74, 6) is 0. The van der Waals surface area contributed by atoms with E-state index in [4.69, 9.17) is 9.79 Å². The summed E-state index contributed by atoms with van der Waals surface area (Å²) >= 11 is 0. The third-order valence-electron chi connectivity index (χ3n) is 0.586. The summed E-state index contributed by atoms with van der Waals surface area (Å²) in [4.78, 5) is 16.2. The average Bonchev–Trinajstić information content (AvgIpc) is 1.60. The van der Waals surface area contributed by atoms with Crippen molar-refractivity contribution in [1.82, 2.24) is 0 Å². The third kappa shape index (κ3) is 5.11. The topological polar surface area (TPSA) is 93.1 Å². The largest absolute Gasteiger partial charge is 0.476 e. The van der Waals surface area contributed by atoms with Gasteiger partial charge in [0.15, 0.2) is 0 Å². The zero-order valence-electron chi connectivity index (χ0n) is 5.42. The first kappa shape index (κ1) is 10.3. The molecule has 0 fully saturated rings. The van der Waals surface area contributed by atoms with Crippen LogP contribution >= 0.6 is 15.4 Å². The highest BCUT2D eigenvalue weighted by molar-refractivity contribution is 7.63. The molecule has 62 valence electrons. The van der Waals surface area contributed by atoms with Gasteiger partial charge in [0.25, 0.3) is 0 Å². The maximum absolute atomic E-state index is 10.7. The summed E-state index contributed by atoms with van der Waals surface area (Å²) in [6, 6.07) is 0. The Kier molecular flexibility index (Phi) is 3.23. The standard InChI is InChI=1S/C2H8O6P2/c1-7-9(2,3)8-10(4,5)6/h1-2H3,(H2,4,5,6). The molecular formula is C2H8O6P2. The lowest BCUT2D eigenvalue weighted by molar-refractivity contribution is 0.252. The van der Waals surface area contributed by atoms with Crippen molar-refractivity contribution in [2.75, 3.05) is 13.8 Å². The van der Waals surface area contributed by atoms with Gasteiger partial charge in [-0.05, 0) is 0 Å². The van der Waals surface area contributed by atoms with Gasteiger partial charge in [0.2, 0.25) is 0 Å². The zero-order chi connectivity index (χ0) is 8.41. The highest BCUT2D eigenvalue weighted by Crippen LogP contribution is 2.57. The molecule has 6 nitrogen and oxygen atoms in total. The van der Waals surface area contributed by atoms with Gasteiger partial charge in [0, 0.05) is 13.8 Å². The Morgan fingerprint density at radius 2 is 1.70 bits per heavy atom. The predicted molar refractivity (Wildman–Crippen MR) is 33.7 cm³/mol. The molecule has 0 bridgehead atoms. The lowest BCUT2D eigenvalue weighted by atomic mass is 11.8. The SMILES string of the molecule is COP(C)(=O)OP(=O)(O)O. The fourth-order valence-electron chi connectivity index (χ4n) is 0.227. The van der Waals surface area contributed by atoms with Crippen molar-refractivity contribution in [2.45, 2.75) is 0 Å². The highest BCUT2D eigenvalue weighted by atomic mass is 31.3. The van der Waals surface area contributed by atoms with Crippen LogP contribution in [0.1, 0.15) is 0 Å². The van der Waals surface area contributed by atoms with E-state index in [2.05, 4.69) is 8.83 Å². The van der Waals surface area contributed by atoms with E-state index in [0.29, 0.717) is 0 Å². The van der Waals surface area contributed by atoms with Gasteiger partial charge in [-0.25, -0.2) is 8.88 Å². The second kappa shape index (κ2) is 3.13. The van der Waals surface area contributed by atoms with Crippen LogP contribution in [0.25, 0.3) is 0 Å². The van der Waals surface area contributed by atoms with E-state index < -0.39 is 15.4 Å². The Bertz CT molecular complexity index is 192. The molecule has 0 heterocycles. The van der Waals surface area contributed by atoms with E-state index in [1.165, 1.54) is 0 Å². The molecule has 0 aromatic carbocycles. The van der Waals surface area contributed by atoms with Gasteiger partial charge in [0.05, 0.1) is 0 Å². The van der Waals surface area contributed by atoms with Gasteiger partial charge in [-0.15, -0.1) is 0 Å². The number of phosphoric acid groups is 1. The molecule has 0 radical (unpaired) electrons. The van der Waals surface area contributed by atoms with Crippen LogP contribution in [-0.2, 0) is 18.0 Å². The number of hydrogen-bond donors (Lipinski definition) is 2. The van der Waals surface area contributed by atoms with Crippen molar-refractivity contribution in [3.8, 4) is 0 Å². The van der Waals surface area contributed by atoms with Crippen molar-refractivity contribution >= 4 is 15.4 Å². The van der Waals surface area contributed by atoms with E-state index in [0.717, 1.165) is 13.8 Å². The Labute approximate surface area is 57.9 Å². The molecule has 1 unspecified atom stereocenters. The Morgan fingerprint density at radius 3 is 1.80 bits per heavy atom. The van der Waals surface area contributed by atoms with Crippen LogP contribution in [0.2, 0.25) is 0 Å². The lowest BCUT2D eigenvalue weighted by Gasteiger charge is -2.10. The molecule has 10 heavy (non-hydrogen) atoms. The fourth-order valence-corrected chi connectivity index (χ4v) is 2.04. The van der Waals surface area contributed by atoms with E-state index in [9.17, 15) is 9.13 Å². The molecule has 0 rings (SSSR count). The zero-order valence-corrected chi connectivity index (χ0v) is 7.21. The van der Waals surface area contributed by atoms with Crippen molar-refractivity contribution < 1.29 is 27.8 Å². The Balaban J connectivity index is 4.17. The molecule has 2 N–H and O–H groups in total. The van der Waals surface area contributed by atoms with E-state index in [1.807, 2.05) is 0 Å². The Hall–Kier alpha value is 0.300. The van der Waals surface area contributed by atoms with Crippen LogP contribution in [-0.4, -0.2) is 23.6 Å². The quantitative estimate of drug-likeness (QED) is 0.631. The van der Waals surface area contributed by atoms with E-state index in [1.54, 1.807) is 0 Å². The molecule has 0 saturated heterocycles. The second-order valence-electron chi connectivity index (χ2n) is 1.53. The summed E-state index contributed by atoms with van der Waals surface area (Å²) in [6.45, 7) is 0.964. The van der Waals surface area contributed by atoms with Gasteiger partial charge in [-0.2, -0.15) is 0 Å². The summed E-state index contributed by atoms with van der Waals surface area (Å²) in [5, 5.41) is 0. The first-order chi connectivity index (χ1) is 4.27. The van der Waals surface area contributed by atoms with Crippen molar-refractivity contribution in [3.05, 3.63) is 0 Å². The molecule has 0 aromatic heterocycles. The minimum absolute atomic E-state index is 0.964. The molecule has 0 amide bonds. The van der Waals surface area contributed by atoms with Crippen LogP contribution in [0.15, 0.2) is 0 Å². The molecule has 0 aliphatic rings. The summed E-state index contributed by atoms with van der Waals surface area (Å²) < 4.78 is 28.6. The predicted octanol–water partition coefficient (Wildman–Crippen LogP) is 0.565. The minimum Gasteiger partial charge on any atom is -0.312 e. The third-order valence-corrected chi connectivity index (χ3v) is 3.29. The molecule has 0 saturated carbocycles. The highest BCUT2D eigenvalue weighted by Gasteiger charge is 2.27. The van der Waals surface area contributed by atoms with Gasteiger partial charge in [-0.3, -0.25) is 4.57 Å². The first-order valence-corrected chi connectivity index (χ1v) is 5.69. The summed E-state index contributed by atoms with van der Waals surface area (Å²) in [7, 11) is -7.21. The van der Waals surface area contributed by atoms with E-state index >= 15 is 0 Å². The lowest BCUT2D eigenvalue weighted by Crippen LogP contribution is -1.87. The molecule has 0 aliphatic heterocycles. The van der Waals surface area contributed by atoms with Crippen LogP contribution < -0.4 is 0 Å². The molecule has 0 spiro atoms. The summed E-state index contributed by atoms with van der Waals surface area (Å²) in [6.07, 6.45) is 0. The van der Waals surface area contributed by atoms with Crippen LogP contribution in [0.5, 0.6) is 0 Å². The van der Waals surface area contributed by atoms with Gasteiger partial charge in [0.1, 0.15) is 0 Å². The molecule has 0 aromatic rings. The summed E-state index contributed by atoms with van der Waals surface area (Å²) in [5.41, 5.74) is 0. The minimum atomic E-state index is -4.69. The van der Waals surface area contributed by atoms with Crippen molar-refractivity contribution in [1.29, 1.82) is 0 Å². The van der Waals surface area contributed by atoms with Crippen molar-refractivity contribution in [2.24, 2.45) is 0 Å². The maximum atomic E-state index is 10.7. The fraction of sp³-hybridized carbons (Fsp3) is 1.00. The number of hydrogen-bond acceptors (Lipinski definition) is 4. The van der Waals surface area contributed by atoms with Crippen molar-refractivity contribution in [3.63, 3.8) is 0 Å². The van der Waals surface area contributed by atoms with E-state index in [-0.39, 0.29) is 0 Å². The van der Waals surface area contributed by atoms with Gasteiger partial charge < -0.3 is 14.3 Å².